The number of fused-ring (bicyclic) bond motifs is 1. The number of nitrogen functional groups attached to an aromatic ring is 1. The van der Waals surface area contributed by atoms with Gasteiger partial charge in [-0.05, 0) is 45.0 Å². The topological polar surface area (TPSA) is 98.7 Å². The average molecular weight is 453 g/mol. The number of benzene rings is 2. The number of nitrogens with zero attached hydrogens (tertiary/aromatic N) is 4. The monoisotopic (exact) mass is 452 g/mol. The Morgan fingerprint density at radius 3 is 2.66 bits per heavy atom. The van der Waals surface area contributed by atoms with Crippen molar-refractivity contribution in [2.75, 3.05) is 5.73 Å². The van der Waals surface area contributed by atoms with Crippen LogP contribution in [-0.4, -0.2) is 25.7 Å². The Balaban J connectivity index is 1.69. The minimum atomic E-state index is -0.471. The van der Waals surface area contributed by atoms with Gasteiger partial charge in [-0.1, -0.05) is 29.8 Å². The van der Waals surface area contributed by atoms with Crippen LogP contribution in [0.2, 0.25) is 5.02 Å². The highest BCUT2D eigenvalue weighted by molar-refractivity contribution is 6.31. The predicted molar refractivity (Wildman–Crippen MR) is 123 cm³/mol. The van der Waals surface area contributed by atoms with Crippen LogP contribution in [0.5, 0.6) is 0 Å². The van der Waals surface area contributed by atoms with E-state index in [9.17, 15) is 9.18 Å². The standard InChI is InChI=1S/C23H22ClFN6O/c1-23(2,3)31-21-18(20(26)28-12-29-21)19(30-31)13-6-4-7-14(10-13)22(32)27-11-15-16(24)8-5-9-17(15)25/h4-10,12H,11H2,1-3H3,(H,27,32)(H2,26,28,29). The Kier molecular flexibility index (Phi) is 5.56. The van der Waals surface area contributed by atoms with E-state index >= 15 is 0 Å². The molecule has 4 rings (SSSR count). The van der Waals surface area contributed by atoms with Gasteiger partial charge in [0, 0.05) is 28.3 Å². The summed E-state index contributed by atoms with van der Waals surface area (Å²) < 4.78 is 15.8. The third-order valence-corrected chi connectivity index (χ3v) is 5.37. The second-order valence-corrected chi connectivity index (χ2v) is 8.76. The molecule has 4 aromatic rings. The molecule has 32 heavy (non-hydrogen) atoms. The molecule has 9 heteroatoms. The Morgan fingerprint density at radius 2 is 1.94 bits per heavy atom. The van der Waals surface area contributed by atoms with Gasteiger partial charge in [0.1, 0.15) is 23.7 Å². The van der Waals surface area contributed by atoms with E-state index in [1.807, 2.05) is 26.8 Å². The highest BCUT2D eigenvalue weighted by atomic mass is 35.5. The molecule has 7 nitrogen and oxygen atoms in total. The van der Waals surface area contributed by atoms with Crippen LogP contribution in [-0.2, 0) is 12.1 Å². The van der Waals surface area contributed by atoms with Crippen LogP contribution in [0, 0.1) is 5.82 Å². The molecule has 0 saturated carbocycles. The number of anilines is 1. The number of hydrogen-bond donors (Lipinski definition) is 2. The van der Waals surface area contributed by atoms with Crippen molar-refractivity contribution >= 4 is 34.4 Å². The lowest BCUT2D eigenvalue weighted by Crippen LogP contribution is -2.23. The van der Waals surface area contributed by atoms with Crippen LogP contribution in [0.4, 0.5) is 10.2 Å². The number of amides is 1. The molecule has 2 aromatic heterocycles. The maximum atomic E-state index is 14.0. The molecule has 0 spiro atoms. The number of nitrogens with two attached hydrogens (primary N) is 1. The van der Waals surface area contributed by atoms with Gasteiger partial charge in [0.05, 0.1) is 10.9 Å². The van der Waals surface area contributed by atoms with Crippen molar-refractivity contribution in [2.45, 2.75) is 32.9 Å². The Hall–Kier alpha value is -3.52. The number of hydrogen-bond acceptors (Lipinski definition) is 5. The molecular weight excluding hydrogens is 431 g/mol. The quantitative estimate of drug-likeness (QED) is 0.473. The van der Waals surface area contributed by atoms with E-state index in [4.69, 9.17) is 22.4 Å². The Labute approximate surface area is 189 Å². The minimum absolute atomic E-state index is 0.0308. The Morgan fingerprint density at radius 1 is 1.19 bits per heavy atom. The minimum Gasteiger partial charge on any atom is -0.383 e. The maximum Gasteiger partial charge on any atom is 0.251 e. The van der Waals surface area contributed by atoms with E-state index in [0.29, 0.717) is 33.7 Å². The van der Waals surface area contributed by atoms with Gasteiger partial charge < -0.3 is 11.1 Å². The molecule has 0 saturated heterocycles. The summed E-state index contributed by atoms with van der Waals surface area (Å²) in [7, 11) is 0. The second kappa shape index (κ2) is 8.20. The number of carbonyl (C=O) groups is 1. The molecule has 0 fully saturated rings. The summed E-state index contributed by atoms with van der Waals surface area (Å²) in [4.78, 5) is 21.3. The summed E-state index contributed by atoms with van der Waals surface area (Å²) in [6, 6.07) is 11.4. The molecule has 0 aliphatic rings. The highest BCUT2D eigenvalue weighted by Gasteiger charge is 2.24. The summed E-state index contributed by atoms with van der Waals surface area (Å²) in [5, 5.41) is 8.34. The van der Waals surface area contributed by atoms with Crippen molar-refractivity contribution in [1.29, 1.82) is 0 Å². The van der Waals surface area contributed by atoms with E-state index in [2.05, 4.69) is 15.3 Å². The van der Waals surface area contributed by atoms with E-state index in [1.165, 1.54) is 18.5 Å². The zero-order valence-corrected chi connectivity index (χ0v) is 18.6. The van der Waals surface area contributed by atoms with Gasteiger partial charge in [0.15, 0.2) is 5.65 Å². The lowest BCUT2D eigenvalue weighted by molar-refractivity contribution is 0.0950. The average Bonchev–Trinajstić information content (AvgIpc) is 3.15. The Bertz CT molecular complexity index is 1310. The SMILES string of the molecule is CC(C)(C)n1nc(-c2cccc(C(=O)NCc3c(F)cccc3Cl)c2)c2c(N)ncnc21. The van der Waals surface area contributed by atoms with Gasteiger partial charge in [-0.15, -0.1) is 0 Å². The van der Waals surface area contributed by atoms with E-state index in [1.54, 1.807) is 28.9 Å². The van der Waals surface area contributed by atoms with Crippen LogP contribution in [0.15, 0.2) is 48.8 Å². The van der Waals surface area contributed by atoms with Gasteiger partial charge in [0.2, 0.25) is 0 Å². The van der Waals surface area contributed by atoms with Crippen molar-refractivity contribution in [3.05, 3.63) is 70.8 Å². The number of carbonyl (C=O) groups excluding carboxylic acids is 1. The molecule has 164 valence electrons. The molecule has 0 atom stereocenters. The second-order valence-electron chi connectivity index (χ2n) is 8.35. The summed E-state index contributed by atoms with van der Waals surface area (Å²) in [6.07, 6.45) is 1.41. The fraction of sp³-hybridized carbons (Fsp3) is 0.217. The highest BCUT2D eigenvalue weighted by Crippen LogP contribution is 2.33. The summed E-state index contributed by atoms with van der Waals surface area (Å²) in [5.41, 5.74) is 8.33. The van der Waals surface area contributed by atoms with Gasteiger partial charge in [0.25, 0.3) is 5.91 Å². The number of nitrogens with one attached hydrogen (secondary N) is 1. The van der Waals surface area contributed by atoms with Crippen molar-refractivity contribution in [3.63, 3.8) is 0 Å². The van der Waals surface area contributed by atoms with Crippen molar-refractivity contribution in [3.8, 4) is 11.3 Å². The fourth-order valence-corrected chi connectivity index (χ4v) is 3.65. The zero-order chi connectivity index (χ0) is 23.0. The predicted octanol–water partition coefficient (Wildman–Crippen LogP) is 4.55. The molecule has 1 amide bonds. The molecule has 3 N–H and O–H groups in total. The largest absolute Gasteiger partial charge is 0.383 e. The third kappa shape index (κ3) is 4.01. The summed E-state index contributed by atoms with van der Waals surface area (Å²) in [5.74, 6) is -0.527. The molecule has 2 heterocycles. The van der Waals surface area contributed by atoms with Crippen molar-refractivity contribution < 1.29 is 9.18 Å². The summed E-state index contributed by atoms with van der Waals surface area (Å²) >= 11 is 6.05. The first kappa shape index (κ1) is 21.7. The number of halogens is 2. The van der Waals surface area contributed by atoms with Crippen LogP contribution in [0.3, 0.4) is 0 Å². The molecule has 2 aromatic carbocycles. The van der Waals surface area contributed by atoms with Crippen molar-refractivity contribution in [1.82, 2.24) is 25.1 Å². The summed E-state index contributed by atoms with van der Waals surface area (Å²) in [6.45, 7) is 6.01. The molecule has 0 bridgehead atoms. The van der Waals surface area contributed by atoms with E-state index < -0.39 is 5.82 Å². The third-order valence-electron chi connectivity index (χ3n) is 5.02. The molecule has 0 radical (unpaired) electrons. The molecule has 0 aliphatic carbocycles. The number of aromatic nitrogens is 4. The first-order chi connectivity index (χ1) is 15.2. The van der Waals surface area contributed by atoms with Crippen LogP contribution < -0.4 is 11.1 Å². The van der Waals surface area contributed by atoms with Crippen LogP contribution in [0.25, 0.3) is 22.3 Å². The van der Waals surface area contributed by atoms with Gasteiger partial charge in [-0.25, -0.2) is 19.0 Å². The lowest BCUT2D eigenvalue weighted by atomic mass is 10.1. The van der Waals surface area contributed by atoms with Gasteiger partial charge in [-0.3, -0.25) is 4.79 Å². The normalized spacial score (nSPS) is 11.7. The van der Waals surface area contributed by atoms with Crippen LogP contribution in [0.1, 0.15) is 36.7 Å². The van der Waals surface area contributed by atoms with Gasteiger partial charge in [-0.2, -0.15) is 5.10 Å². The zero-order valence-electron chi connectivity index (χ0n) is 17.9. The smallest absolute Gasteiger partial charge is 0.251 e. The van der Waals surface area contributed by atoms with Gasteiger partial charge >= 0.3 is 0 Å². The first-order valence-electron chi connectivity index (χ1n) is 9.98. The first-order valence-corrected chi connectivity index (χ1v) is 10.4. The van der Waals surface area contributed by atoms with Crippen LogP contribution >= 0.6 is 11.6 Å². The molecule has 0 unspecified atom stereocenters. The van der Waals surface area contributed by atoms with Crippen molar-refractivity contribution in [2.24, 2.45) is 0 Å². The molecular formula is C23H22ClFN6O. The number of rotatable bonds is 4. The van der Waals surface area contributed by atoms with E-state index in [-0.39, 0.29) is 28.6 Å². The van der Waals surface area contributed by atoms with E-state index in [0.717, 1.165) is 0 Å². The lowest BCUT2D eigenvalue weighted by Gasteiger charge is -2.19. The fourth-order valence-electron chi connectivity index (χ4n) is 3.42. The molecule has 0 aliphatic heterocycles. The maximum absolute atomic E-state index is 14.0.